The first-order valence-corrected chi connectivity index (χ1v) is 10.6. The smallest absolute Gasteiger partial charge is 0.274 e. The van der Waals surface area contributed by atoms with Gasteiger partial charge in [0.25, 0.3) is 5.56 Å². The second-order valence-corrected chi connectivity index (χ2v) is 8.36. The van der Waals surface area contributed by atoms with Crippen LogP contribution in [0.2, 0.25) is 0 Å². The molecule has 6 aromatic rings. The molecule has 4 nitrogen and oxygen atoms in total. The molecule has 3 aromatic carbocycles. The van der Waals surface area contributed by atoms with Gasteiger partial charge in [-0.15, -0.1) is 0 Å². The summed E-state index contributed by atoms with van der Waals surface area (Å²) >= 11 is 1.44. The first-order valence-electron chi connectivity index (χ1n) is 9.81. The van der Waals surface area contributed by atoms with E-state index in [1.807, 2.05) is 42.5 Å². The highest BCUT2D eigenvalue weighted by atomic mass is 32.1. The van der Waals surface area contributed by atoms with Crippen LogP contribution >= 0.6 is 11.3 Å². The highest BCUT2D eigenvalue weighted by Gasteiger charge is 2.12. The van der Waals surface area contributed by atoms with Crippen LogP contribution in [0.3, 0.4) is 0 Å². The van der Waals surface area contributed by atoms with Crippen LogP contribution in [0.15, 0.2) is 89.9 Å². The summed E-state index contributed by atoms with van der Waals surface area (Å²) in [6, 6.07) is 26.5. The molecule has 0 radical (unpaired) electrons. The number of benzene rings is 3. The number of hydrogen-bond donors (Lipinski definition) is 0. The molecule has 0 aliphatic heterocycles. The van der Waals surface area contributed by atoms with Crippen molar-refractivity contribution >= 4 is 44.3 Å². The first-order chi connectivity index (χ1) is 14.8. The van der Waals surface area contributed by atoms with Crippen LogP contribution in [0.1, 0.15) is 11.1 Å². The Bertz CT molecular complexity index is 1640. The van der Waals surface area contributed by atoms with E-state index in [1.165, 1.54) is 16.9 Å². The van der Waals surface area contributed by atoms with Gasteiger partial charge in [-0.3, -0.25) is 4.79 Å². The van der Waals surface area contributed by atoms with Gasteiger partial charge in [-0.1, -0.05) is 72.0 Å². The molecule has 0 saturated carbocycles. The summed E-state index contributed by atoms with van der Waals surface area (Å²) in [4.78, 5) is 18.5. The van der Waals surface area contributed by atoms with Crippen molar-refractivity contribution in [2.24, 2.45) is 0 Å². The zero-order valence-corrected chi connectivity index (χ0v) is 16.8. The summed E-state index contributed by atoms with van der Waals surface area (Å²) in [6.45, 7) is 0.790. The van der Waals surface area contributed by atoms with Crippen LogP contribution in [0.4, 0.5) is 0 Å². The second-order valence-electron chi connectivity index (χ2n) is 7.35. The molecule has 0 saturated heterocycles. The zero-order valence-electron chi connectivity index (χ0n) is 16.0. The predicted molar refractivity (Wildman–Crippen MR) is 123 cm³/mol. The standard InChI is InChI=1S/C25H17N3OS/c29-24-23(30-25-26-20-11-5-7-13-22(20)28(24)25)14-18-16-27(15-17-8-2-1-3-9-17)21-12-6-4-10-19(18)21/h1-14,16H,15H2. The van der Waals surface area contributed by atoms with Crippen molar-refractivity contribution in [1.29, 1.82) is 0 Å². The number of para-hydroxylation sites is 3. The van der Waals surface area contributed by atoms with Gasteiger partial charge in [0.05, 0.1) is 15.6 Å². The zero-order chi connectivity index (χ0) is 20.1. The van der Waals surface area contributed by atoms with Crippen LogP contribution in [0.5, 0.6) is 0 Å². The third-order valence-electron chi connectivity index (χ3n) is 5.45. The molecule has 0 atom stereocenters. The molecular formula is C25H17N3OS. The second kappa shape index (κ2) is 6.68. The van der Waals surface area contributed by atoms with Crippen molar-refractivity contribution in [3.8, 4) is 0 Å². The number of imidazole rings is 1. The molecule has 0 amide bonds. The van der Waals surface area contributed by atoms with Crippen LogP contribution in [0, 0.1) is 0 Å². The Balaban J connectivity index is 1.54. The lowest BCUT2D eigenvalue weighted by atomic mass is 10.2. The fraction of sp³-hybridized carbons (Fsp3) is 0.0400. The Morgan fingerprint density at radius 3 is 2.47 bits per heavy atom. The van der Waals surface area contributed by atoms with E-state index in [1.54, 1.807) is 4.40 Å². The molecule has 0 N–H and O–H groups in total. The average Bonchev–Trinajstić information content (AvgIpc) is 3.41. The van der Waals surface area contributed by atoms with E-state index in [9.17, 15) is 4.79 Å². The van der Waals surface area contributed by atoms with Crippen LogP contribution in [0.25, 0.3) is 33.0 Å². The van der Waals surface area contributed by atoms with E-state index in [0.29, 0.717) is 4.53 Å². The fourth-order valence-corrected chi connectivity index (χ4v) is 5.03. The van der Waals surface area contributed by atoms with E-state index < -0.39 is 0 Å². The Hall–Kier alpha value is -3.70. The Morgan fingerprint density at radius 2 is 1.60 bits per heavy atom. The highest BCUT2D eigenvalue weighted by molar-refractivity contribution is 7.15. The number of thiazole rings is 1. The Labute approximate surface area is 176 Å². The lowest BCUT2D eigenvalue weighted by molar-refractivity contribution is 0.836. The van der Waals surface area contributed by atoms with Crippen LogP contribution in [-0.4, -0.2) is 14.0 Å². The predicted octanol–water partition coefficient (Wildman–Crippen LogP) is 4.46. The number of fused-ring (bicyclic) bond motifs is 4. The minimum Gasteiger partial charge on any atom is -0.342 e. The van der Waals surface area contributed by atoms with Crippen LogP contribution < -0.4 is 10.1 Å². The number of aromatic nitrogens is 3. The van der Waals surface area contributed by atoms with Gasteiger partial charge in [-0.05, 0) is 29.8 Å². The maximum absolute atomic E-state index is 13.1. The molecule has 144 valence electrons. The third-order valence-corrected chi connectivity index (χ3v) is 6.42. The molecule has 0 fully saturated rings. The van der Waals surface area contributed by atoms with E-state index in [-0.39, 0.29) is 5.56 Å². The minimum absolute atomic E-state index is 0.0106. The van der Waals surface area contributed by atoms with Gasteiger partial charge >= 0.3 is 0 Å². The van der Waals surface area contributed by atoms with Gasteiger partial charge in [-0.2, -0.15) is 0 Å². The van der Waals surface area contributed by atoms with Gasteiger partial charge in [0, 0.05) is 29.2 Å². The number of rotatable bonds is 3. The maximum Gasteiger partial charge on any atom is 0.274 e. The van der Waals surface area contributed by atoms with Gasteiger partial charge < -0.3 is 4.57 Å². The topological polar surface area (TPSA) is 39.3 Å². The molecule has 3 heterocycles. The number of nitrogens with zero attached hydrogens (tertiary/aromatic N) is 3. The molecule has 0 bridgehead atoms. The van der Waals surface area contributed by atoms with E-state index >= 15 is 0 Å². The van der Waals surface area contributed by atoms with Crippen molar-refractivity contribution in [3.63, 3.8) is 0 Å². The van der Waals surface area contributed by atoms with Crippen molar-refractivity contribution in [2.75, 3.05) is 0 Å². The lowest BCUT2D eigenvalue weighted by Crippen LogP contribution is -2.22. The van der Waals surface area contributed by atoms with Gasteiger partial charge in [0.2, 0.25) is 0 Å². The summed E-state index contributed by atoms with van der Waals surface area (Å²) in [6.07, 6.45) is 4.14. The fourth-order valence-electron chi connectivity index (χ4n) is 4.05. The summed E-state index contributed by atoms with van der Waals surface area (Å²) in [7, 11) is 0. The molecular weight excluding hydrogens is 390 g/mol. The summed E-state index contributed by atoms with van der Waals surface area (Å²) in [5.74, 6) is 0. The van der Waals surface area contributed by atoms with Gasteiger partial charge in [0.15, 0.2) is 4.96 Å². The Morgan fingerprint density at radius 1 is 0.867 bits per heavy atom. The average molecular weight is 407 g/mol. The lowest BCUT2D eigenvalue weighted by Gasteiger charge is -2.05. The number of hydrogen-bond acceptors (Lipinski definition) is 3. The normalized spacial score (nSPS) is 12.5. The monoisotopic (exact) mass is 407 g/mol. The summed E-state index contributed by atoms with van der Waals surface area (Å²) in [5.41, 5.74) is 5.16. The minimum atomic E-state index is -0.0106. The van der Waals surface area contributed by atoms with E-state index in [0.717, 1.165) is 39.0 Å². The third kappa shape index (κ3) is 2.67. The van der Waals surface area contributed by atoms with E-state index in [2.05, 4.69) is 58.2 Å². The van der Waals surface area contributed by atoms with E-state index in [4.69, 9.17) is 0 Å². The maximum atomic E-state index is 13.1. The molecule has 3 aromatic heterocycles. The molecule has 0 aliphatic carbocycles. The molecule has 5 heteroatoms. The van der Waals surface area contributed by atoms with Crippen molar-refractivity contribution in [3.05, 3.63) is 111 Å². The molecule has 30 heavy (non-hydrogen) atoms. The first kappa shape index (κ1) is 17.2. The summed E-state index contributed by atoms with van der Waals surface area (Å²) in [5, 5.41) is 1.14. The SMILES string of the molecule is O=c1c(=Cc2cn(Cc3ccccc3)c3ccccc23)sc2nc3ccccc3n12. The van der Waals surface area contributed by atoms with Crippen molar-refractivity contribution in [2.45, 2.75) is 6.54 Å². The largest absolute Gasteiger partial charge is 0.342 e. The Kier molecular flexibility index (Phi) is 3.82. The van der Waals surface area contributed by atoms with Crippen molar-refractivity contribution in [1.82, 2.24) is 14.0 Å². The van der Waals surface area contributed by atoms with Crippen LogP contribution in [-0.2, 0) is 6.54 Å². The quantitative estimate of drug-likeness (QED) is 0.435. The molecule has 0 unspecified atom stereocenters. The highest BCUT2D eigenvalue weighted by Crippen LogP contribution is 2.23. The van der Waals surface area contributed by atoms with Gasteiger partial charge in [0.1, 0.15) is 0 Å². The van der Waals surface area contributed by atoms with Gasteiger partial charge in [-0.25, -0.2) is 9.38 Å². The molecule has 0 spiro atoms. The molecule has 6 rings (SSSR count). The summed E-state index contributed by atoms with van der Waals surface area (Å²) < 4.78 is 4.66. The van der Waals surface area contributed by atoms with Crippen molar-refractivity contribution < 1.29 is 0 Å². The molecule has 0 aliphatic rings.